The van der Waals surface area contributed by atoms with Crippen LogP contribution in [-0.4, -0.2) is 56.7 Å². The van der Waals surface area contributed by atoms with Crippen LogP contribution in [0.5, 0.6) is 5.75 Å². The molecule has 1 atom stereocenters. The Morgan fingerprint density at radius 2 is 1.97 bits per heavy atom. The van der Waals surface area contributed by atoms with Crippen molar-refractivity contribution in [2.75, 3.05) is 26.9 Å². The van der Waals surface area contributed by atoms with E-state index >= 15 is 0 Å². The number of hydrogen-bond donors (Lipinski definition) is 1. The molecule has 1 amide bonds. The summed E-state index contributed by atoms with van der Waals surface area (Å²) in [5, 5.41) is 5.93. The first-order valence-electron chi connectivity index (χ1n) is 10.7. The van der Waals surface area contributed by atoms with Gasteiger partial charge in [-0.2, -0.15) is 5.10 Å². The van der Waals surface area contributed by atoms with Crippen LogP contribution in [0.2, 0.25) is 5.02 Å². The molecule has 0 aliphatic rings. The van der Waals surface area contributed by atoms with Crippen LogP contribution in [0.15, 0.2) is 30.7 Å². The Kier molecular flexibility index (Phi) is 6.14. The van der Waals surface area contributed by atoms with Gasteiger partial charge in [0.15, 0.2) is 5.65 Å². The summed E-state index contributed by atoms with van der Waals surface area (Å²) in [6, 6.07) is 5.18. The van der Waals surface area contributed by atoms with Crippen molar-refractivity contribution in [1.82, 2.24) is 29.6 Å². The Bertz CT molecular complexity index is 1410. The van der Waals surface area contributed by atoms with E-state index < -0.39 is 0 Å². The van der Waals surface area contributed by atoms with Crippen molar-refractivity contribution in [1.29, 1.82) is 0 Å². The number of nitrogens with zero attached hydrogens (tertiary/aromatic N) is 6. The molecule has 34 heavy (non-hydrogen) atoms. The van der Waals surface area contributed by atoms with Crippen LogP contribution >= 0.6 is 11.6 Å². The van der Waals surface area contributed by atoms with Crippen LogP contribution in [-0.2, 0) is 0 Å². The van der Waals surface area contributed by atoms with Crippen molar-refractivity contribution in [2.45, 2.75) is 26.8 Å². The molecule has 3 heterocycles. The summed E-state index contributed by atoms with van der Waals surface area (Å²) in [6.07, 6.45) is 3.01. The topological polar surface area (TPSA) is 112 Å². The number of aryl methyl sites for hydroxylation is 1. The number of carbonyl (C=O) groups is 1. The van der Waals surface area contributed by atoms with E-state index in [9.17, 15) is 4.79 Å². The summed E-state index contributed by atoms with van der Waals surface area (Å²) in [5.41, 5.74) is 10.6. The van der Waals surface area contributed by atoms with Crippen molar-refractivity contribution in [3.63, 3.8) is 0 Å². The highest BCUT2D eigenvalue weighted by atomic mass is 35.5. The monoisotopic (exact) mass is 479 g/mol. The molecule has 176 valence electrons. The number of nitrogen functional groups attached to an aromatic ring is 1. The highest BCUT2D eigenvalue weighted by Crippen LogP contribution is 2.44. The number of methoxy groups -OCH3 is 1. The number of benzene rings is 1. The molecule has 0 bridgehead atoms. The van der Waals surface area contributed by atoms with E-state index in [0.717, 1.165) is 16.8 Å². The number of aromatic nitrogens is 5. The highest BCUT2D eigenvalue weighted by Gasteiger charge is 2.27. The third-order valence-corrected chi connectivity index (χ3v) is 6.30. The molecule has 10 heteroatoms. The number of hydrogen-bond acceptors (Lipinski definition) is 7. The summed E-state index contributed by atoms with van der Waals surface area (Å²) in [4.78, 5) is 27.3. The molecule has 4 rings (SSSR count). The molecule has 3 aromatic heterocycles. The van der Waals surface area contributed by atoms with Crippen LogP contribution in [0, 0.1) is 13.8 Å². The number of fused-ring (bicyclic) bond motifs is 1. The van der Waals surface area contributed by atoms with Crippen LogP contribution in [0.25, 0.3) is 22.2 Å². The number of amides is 1. The number of nitrogens with two attached hydrogens (primary N) is 1. The summed E-state index contributed by atoms with van der Waals surface area (Å²) in [5.74, 6) is 0.740. The first-order valence-corrected chi connectivity index (χ1v) is 11.0. The molecular formula is C24H26ClN7O2. The van der Waals surface area contributed by atoms with E-state index in [1.165, 1.54) is 11.2 Å². The number of halogens is 1. The van der Waals surface area contributed by atoms with Gasteiger partial charge in [-0.3, -0.25) is 9.78 Å². The average Bonchev–Trinajstić information content (AvgIpc) is 3.17. The van der Waals surface area contributed by atoms with Crippen LogP contribution < -0.4 is 10.5 Å². The highest BCUT2D eigenvalue weighted by molar-refractivity contribution is 6.32. The van der Waals surface area contributed by atoms with Gasteiger partial charge in [0.05, 0.1) is 24.2 Å². The lowest BCUT2D eigenvalue weighted by atomic mass is 9.92. The van der Waals surface area contributed by atoms with Gasteiger partial charge < -0.3 is 15.4 Å². The van der Waals surface area contributed by atoms with Gasteiger partial charge in [-0.15, -0.1) is 0 Å². The molecule has 0 fully saturated rings. The van der Waals surface area contributed by atoms with Gasteiger partial charge in [-0.25, -0.2) is 14.6 Å². The first-order chi connectivity index (χ1) is 16.2. The molecule has 0 saturated carbocycles. The smallest absolute Gasteiger partial charge is 0.272 e. The number of pyridine rings is 1. The Morgan fingerprint density at radius 1 is 1.24 bits per heavy atom. The largest absolute Gasteiger partial charge is 0.496 e. The lowest BCUT2D eigenvalue weighted by Gasteiger charge is -2.23. The van der Waals surface area contributed by atoms with E-state index in [-0.39, 0.29) is 11.9 Å². The molecule has 0 spiro atoms. The Balaban J connectivity index is 1.99. The van der Waals surface area contributed by atoms with E-state index in [1.807, 2.05) is 32.9 Å². The maximum absolute atomic E-state index is 12.9. The molecule has 0 aliphatic heterocycles. The zero-order chi connectivity index (χ0) is 24.7. The Labute approximate surface area is 202 Å². The quantitative estimate of drug-likeness (QED) is 0.459. The molecule has 0 aliphatic carbocycles. The lowest BCUT2D eigenvalue weighted by molar-refractivity contribution is 0.0823. The predicted octanol–water partition coefficient (Wildman–Crippen LogP) is 4.06. The van der Waals surface area contributed by atoms with Gasteiger partial charge in [0, 0.05) is 42.0 Å². The van der Waals surface area contributed by atoms with E-state index in [1.54, 1.807) is 38.2 Å². The molecular weight excluding hydrogens is 454 g/mol. The van der Waals surface area contributed by atoms with Crippen molar-refractivity contribution in [2.24, 2.45) is 0 Å². The summed E-state index contributed by atoms with van der Waals surface area (Å²) < 4.78 is 7.72. The molecule has 0 radical (unpaired) electrons. The van der Waals surface area contributed by atoms with Crippen LogP contribution in [0.1, 0.15) is 40.3 Å². The van der Waals surface area contributed by atoms with Crippen molar-refractivity contribution in [3.05, 3.63) is 58.3 Å². The minimum Gasteiger partial charge on any atom is -0.496 e. The Hall–Kier alpha value is -3.72. The molecule has 0 saturated heterocycles. The normalized spacial score (nSPS) is 12.1. The number of carbonyl (C=O) groups excluding carboxylic acids is 1. The molecule has 2 N–H and O–H groups in total. The van der Waals surface area contributed by atoms with Gasteiger partial charge in [0.1, 0.15) is 23.6 Å². The average molecular weight is 480 g/mol. The van der Waals surface area contributed by atoms with Crippen molar-refractivity contribution in [3.8, 4) is 16.9 Å². The number of anilines is 1. The molecule has 1 aromatic carbocycles. The second kappa shape index (κ2) is 8.90. The molecule has 9 nitrogen and oxygen atoms in total. The minimum absolute atomic E-state index is 0.215. The summed E-state index contributed by atoms with van der Waals surface area (Å²) in [7, 11) is 4.98. The second-order valence-electron chi connectivity index (χ2n) is 8.24. The zero-order valence-electron chi connectivity index (χ0n) is 19.9. The maximum Gasteiger partial charge on any atom is 0.272 e. The fourth-order valence-corrected chi connectivity index (χ4v) is 4.37. The standard InChI is InChI=1S/C24H26ClN7O2/c1-12-17(25)10-16(14(3)32-23-19(13(2)30-32)22(26)28-11-29-23)21(34-6)18(12)15-8-7-9-27-20(15)24(33)31(4)5/h7-11,14H,1-6H3,(H2,26,28,29). The fraction of sp³-hybridized carbons (Fsp3) is 0.292. The first kappa shape index (κ1) is 23.4. The third kappa shape index (κ3) is 3.71. The zero-order valence-corrected chi connectivity index (χ0v) is 20.7. The number of ether oxygens (including phenoxy) is 1. The van der Waals surface area contributed by atoms with E-state index in [0.29, 0.717) is 44.4 Å². The Morgan fingerprint density at radius 3 is 2.65 bits per heavy atom. The summed E-state index contributed by atoms with van der Waals surface area (Å²) in [6.45, 7) is 5.74. The number of rotatable bonds is 5. The fourth-order valence-electron chi connectivity index (χ4n) is 4.16. The SMILES string of the molecule is COc1c(C(C)n2nc(C)c3c(N)ncnc32)cc(Cl)c(C)c1-c1cccnc1C(=O)N(C)C. The third-order valence-electron chi connectivity index (χ3n) is 5.90. The van der Waals surface area contributed by atoms with Gasteiger partial charge >= 0.3 is 0 Å². The summed E-state index contributed by atoms with van der Waals surface area (Å²) >= 11 is 6.73. The van der Waals surface area contributed by atoms with Gasteiger partial charge in [0.25, 0.3) is 5.91 Å². The predicted molar refractivity (Wildman–Crippen MR) is 132 cm³/mol. The maximum atomic E-state index is 12.9. The van der Waals surface area contributed by atoms with Gasteiger partial charge in [-0.05, 0) is 38.5 Å². The second-order valence-corrected chi connectivity index (χ2v) is 8.65. The molecule has 4 aromatic rings. The van der Waals surface area contributed by atoms with Gasteiger partial charge in [-0.1, -0.05) is 17.7 Å². The minimum atomic E-state index is -0.318. The molecule has 1 unspecified atom stereocenters. The van der Waals surface area contributed by atoms with Crippen molar-refractivity contribution >= 4 is 34.4 Å². The van der Waals surface area contributed by atoms with Crippen LogP contribution in [0.3, 0.4) is 0 Å². The lowest BCUT2D eigenvalue weighted by Crippen LogP contribution is -2.23. The van der Waals surface area contributed by atoms with E-state index in [4.69, 9.17) is 22.1 Å². The van der Waals surface area contributed by atoms with Crippen LogP contribution in [0.4, 0.5) is 5.82 Å². The van der Waals surface area contributed by atoms with Crippen molar-refractivity contribution < 1.29 is 9.53 Å². The van der Waals surface area contributed by atoms with E-state index in [2.05, 4.69) is 20.1 Å². The van der Waals surface area contributed by atoms with Gasteiger partial charge in [0.2, 0.25) is 0 Å².